The molecule has 1 amide bonds. The first-order chi connectivity index (χ1) is 8.50. The first kappa shape index (κ1) is 18.7. The average molecular weight is 319 g/mol. The summed E-state index contributed by atoms with van der Waals surface area (Å²) in [4.78, 5) is 17.9. The van der Waals surface area contributed by atoms with Crippen molar-refractivity contribution in [1.29, 1.82) is 0 Å². The number of hydrogen-bond donors (Lipinski definition) is 1. The third kappa shape index (κ3) is 3.62. The number of hydrogen-bond acceptors (Lipinski definition) is 3. The first-order valence-corrected chi connectivity index (χ1v) is 5.91. The maximum absolute atomic E-state index is 11.7. The number of fused-ring (bicyclic) bond motifs is 1. The number of nitrogens with two attached hydrogens (primary N) is 1. The van der Waals surface area contributed by atoms with E-state index in [1.165, 1.54) is 0 Å². The zero-order chi connectivity index (χ0) is 13.3. The van der Waals surface area contributed by atoms with Gasteiger partial charge in [0.1, 0.15) is 5.82 Å². The molecule has 2 rings (SSSR count). The van der Waals surface area contributed by atoms with Crippen LogP contribution >= 0.6 is 24.8 Å². The number of carbonyl (C=O) groups is 1. The molecule has 0 unspecified atom stereocenters. The lowest BCUT2D eigenvalue weighted by molar-refractivity contribution is -0.131. The SMILES string of the molecule is C[C@@H](N)C(=O)N(C)Cc1nc2ccccc2n1C.Cl.Cl. The molecule has 1 heterocycles. The van der Waals surface area contributed by atoms with Crippen LogP contribution in [0.25, 0.3) is 11.0 Å². The van der Waals surface area contributed by atoms with Crippen LogP contribution in [0.4, 0.5) is 0 Å². The van der Waals surface area contributed by atoms with E-state index >= 15 is 0 Å². The van der Waals surface area contributed by atoms with E-state index in [4.69, 9.17) is 5.73 Å². The lowest BCUT2D eigenvalue weighted by Crippen LogP contribution is -2.39. The molecule has 0 fully saturated rings. The average Bonchev–Trinajstić information content (AvgIpc) is 2.66. The summed E-state index contributed by atoms with van der Waals surface area (Å²) in [5.41, 5.74) is 7.59. The third-order valence-electron chi connectivity index (χ3n) is 3.02. The summed E-state index contributed by atoms with van der Waals surface area (Å²) in [5, 5.41) is 0. The highest BCUT2D eigenvalue weighted by Gasteiger charge is 2.16. The van der Waals surface area contributed by atoms with Crippen molar-refractivity contribution in [3.63, 3.8) is 0 Å². The van der Waals surface area contributed by atoms with Crippen molar-refractivity contribution < 1.29 is 4.79 Å². The Labute approximate surface area is 131 Å². The van der Waals surface area contributed by atoms with Gasteiger partial charge in [0.25, 0.3) is 0 Å². The van der Waals surface area contributed by atoms with Crippen molar-refractivity contribution in [1.82, 2.24) is 14.5 Å². The van der Waals surface area contributed by atoms with E-state index in [-0.39, 0.29) is 30.7 Å². The van der Waals surface area contributed by atoms with Gasteiger partial charge in [0.05, 0.1) is 23.6 Å². The topological polar surface area (TPSA) is 64.2 Å². The van der Waals surface area contributed by atoms with Gasteiger partial charge in [0.15, 0.2) is 0 Å². The summed E-state index contributed by atoms with van der Waals surface area (Å²) in [6.07, 6.45) is 0. The highest BCUT2D eigenvalue weighted by atomic mass is 35.5. The number of aromatic nitrogens is 2. The summed E-state index contributed by atoms with van der Waals surface area (Å²) in [5.74, 6) is 0.773. The smallest absolute Gasteiger partial charge is 0.239 e. The van der Waals surface area contributed by atoms with Crippen LogP contribution in [0.15, 0.2) is 24.3 Å². The van der Waals surface area contributed by atoms with E-state index in [1.54, 1.807) is 18.9 Å². The van der Waals surface area contributed by atoms with E-state index in [1.807, 2.05) is 35.9 Å². The van der Waals surface area contributed by atoms with Crippen molar-refractivity contribution in [3.05, 3.63) is 30.1 Å². The maximum Gasteiger partial charge on any atom is 0.239 e. The largest absolute Gasteiger partial charge is 0.337 e. The van der Waals surface area contributed by atoms with Gasteiger partial charge in [-0.3, -0.25) is 4.79 Å². The van der Waals surface area contributed by atoms with Crippen LogP contribution < -0.4 is 5.73 Å². The van der Waals surface area contributed by atoms with Crippen LogP contribution in [0, 0.1) is 0 Å². The quantitative estimate of drug-likeness (QED) is 0.937. The zero-order valence-corrected chi connectivity index (χ0v) is 13.4. The molecule has 20 heavy (non-hydrogen) atoms. The summed E-state index contributed by atoms with van der Waals surface area (Å²) < 4.78 is 2.00. The molecule has 0 radical (unpaired) electrons. The molecule has 0 bridgehead atoms. The summed E-state index contributed by atoms with van der Waals surface area (Å²) >= 11 is 0. The van der Waals surface area contributed by atoms with Crippen LogP contribution in [0.3, 0.4) is 0 Å². The molecule has 0 aliphatic rings. The molecule has 7 heteroatoms. The van der Waals surface area contributed by atoms with Gasteiger partial charge in [-0.25, -0.2) is 4.98 Å². The standard InChI is InChI=1S/C13H18N4O.2ClH/c1-9(14)13(18)16(2)8-12-15-10-6-4-5-7-11(10)17(12)3;;/h4-7,9H,8,14H2,1-3H3;2*1H/t9-;;/m1../s1. The third-order valence-corrected chi connectivity index (χ3v) is 3.02. The van der Waals surface area contributed by atoms with Crippen LogP contribution in [0.2, 0.25) is 0 Å². The number of para-hydroxylation sites is 2. The van der Waals surface area contributed by atoms with Crippen LogP contribution in [-0.2, 0) is 18.4 Å². The second kappa shape index (κ2) is 7.47. The van der Waals surface area contributed by atoms with Crippen molar-refractivity contribution in [2.45, 2.75) is 19.5 Å². The van der Waals surface area contributed by atoms with Gasteiger partial charge in [-0.05, 0) is 19.1 Å². The van der Waals surface area contributed by atoms with Crippen LogP contribution in [-0.4, -0.2) is 33.4 Å². The normalized spacial score (nSPS) is 11.4. The summed E-state index contributed by atoms with van der Waals surface area (Å²) in [6, 6.07) is 7.43. The van der Waals surface area contributed by atoms with Gasteiger partial charge in [0.2, 0.25) is 5.91 Å². The van der Waals surface area contributed by atoms with Gasteiger partial charge in [0, 0.05) is 14.1 Å². The fraction of sp³-hybridized carbons (Fsp3) is 0.385. The molecular weight excluding hydrogens is 299 g/mol. The minimum absolute atomic E-state index is 0. The molecular formula is C13H20Cl2N4O. The van der Waals surface area contributed by atoms with Crippen LogP contribution in [0.1, 0.15) is 12.7 Å². The molecule has 0 saturated heterocycles. The van der Waals surface area contributed by atoms with E-state index in [2.05, 4.69) is 4.98 Å². The van der Waals surface area contributed by atoms with Crippen LogP contribution in [0.5, 0.6) is 0 Å². The van der Waals surface area contributed by atoms with Gasteiger partial charge in [-0.15, -0.1) is 24.8 Å². The highest BCUT2D eigenvalue weighted by molar-refractivity contribution is 5.85. The fourth-order valence-corrected chi connectivity index (χ4v) is 1.97. The Balaban J connectivity index is 0.00000180. The maximum atomic E-state index is 11.7. The van der Waals surface area contributed by atoms with Gasteiger partial charge in [-0.2, -0.15) is 0 Å². The van der Waals surface area contributed by atoms with Crippen molar-refractivity contribution >= 4 is 41.8 Å². The van der Waals surface area contributed by atoms with E-state index in [0.717, 1.165) is 16.9 Å². The van der Waals surface area contributed by atoms with Crippen molar-refractivity contribution in [3.8, 4) is 0 Å². The zero-order valence-electron chi connectivity index (χ0n) is 11.7. The number of likely N-dealkylation sites (N-methyl/N-ethyl adjacent to an activating group) is 1. The number of halogens is 2. The molecule has 0 aliphatic carbocycles. The highest BCUT2D eigenvalue weighted by Crippen LogP contribution is 2.15. The van der Waals surface area contributed by atoms with Crippen molar-refractivity contribution in [2.75, 3.05) is 7.05 Å². The van der Waals surface area contributed by atoms with Gasteiger partial charge >= 0.3 is 0 Å². The monoisotopic (exact) mass is 318 g/mol. The summed E-state index contributed by atoms with van der Waals surface area (Å²) in [7, 11) is 3.69. The Bertz CT molecular complexity index is 583. The predicted octanol–water partition coefficient (Wildman–Crippen LogP) is 1.72. The van der Waals surface area contributed by atoms with Crippen molar-refractivity contribution in [2.24, 2.45) is 12.8 Å². The molecule has 2 aromatic rings. The van der Waals surface area contributed by atoms with E-state index in [9.17, 15) is 4.79 Å². The lowest BCUT2D eigenvalue weighted by atomic mass is 10.3. The van der Waals surface area contributed by atoms with Gasteiger partial charge in [-0.1, -0.05) is 12.1 Å². The number of nitrogens with zero attached hydrogens (tertiary/aromatic N) is 3. The van der Waals surface area contributed by atoms with E-state index < -0.39 is 6.04 Å². The molecule has 1 atom stereocenters. The number of aryl methyl sites for hydroxylation is 1. The second-order valence-corrected chi connectivity index (χ2v) is 4.56. The fourth-order valence-electron chi connectivity index (χ4n) is 1.97. The minimum Gasteiger partial charge on any atom is -0.337 e. The lowest BCUT2D eigenvalue weighted by Gasteiger charge is -2.18. The Morgan fingerprint density at radius 1 is 1.40 bits per heavy atom. The summed E-state index contributed by atoms with van der Waals surface area (Å²) in [6.45, 7) is 2.15. The molecule has 0 spiro atoms. The number of carbonyl (C=O) groups excluding carboxylic acids is 1. The molecule has 2 N–H and O–H groups in total. The number of rotatable bonds is 3. The number of imidazole rings is 1. The molecule has 112 valence electrons. The number of amides is 1. The predicted molar refractivity (Wildman–Crippen MR) is 85.3 cm³/mol. The molecule has 1 aromatic carbocycles. The molecule has 5 nitrogen and oxygen atoms in total. The Hall–Kier alpha value is -1.30. The Morgan fingerprint density at radius 3 is 2.55 bits per heavy atom. The first-order valence-electron chi connectivity index (χ1n) is 5.91. The Morgan fingerprint density at radius 2 is 2.00 bits per heavy atom. The van der Waals surface area contributed by atoms with E-state index in [0.29, 0.717) is 6.54 Å². The Kier molecular flexibility index (Phi) is 6.99. The molecule has 0 saturated carbocycles. The van der Waals surface area contributed by atoms with Gasteiger partial charge < -0.3 is 15.2 Å². The molecule has 0 aliphatic heterocycles. The minimum atomic E-state index is -0.482. The number of benzene rings is 1. The second-order valence-electron chi connectivity index (χ2n) is 4.56. The molecule has 1 aromatic heterocycles.